The van der Waals surface area contributed by atoms with E-state index in [9.17, 15) is 14.9 Å². The minimum atomic E-state index is -0.469. The second kappa shape index (κ2) is 12.9. The molecule has 0 spiro atoms. The van der Waals surface area contributed by atoms with Crippen LogP contribution in [0.2, 0.25) is 0 Å². The van der Waals surface area contributed by atoms with Gasteiger partial charge in [0, 0.05) is 20.1 Å². The third kappa shape index (κ3) is 8.25. The lowest BCUT2D eigenvalue weighted by atomic mass is 10.1. The molecule has 0 heterocycles. The molecule has 1 amide bonds. The fourth-order valence-electron chi connectivity index (χ4n) is 2.75. The zero-order valence-corrected chi connectivity index (χ0v) is 18.6. The summed E-state index contributed by atoms with van der Waals surface area (Å²) in [6.45, 7) is 5.09. The molecule has 0 atom stereocenters. The van der Waals surface area contributed by atoms with Crippen molar-refractivity contribution in [2.75, 3.05) is 26.9 Å². The highest BCUT2D eigenvalue weighted by Gasteiger charge is 2.09. The number of carbonyl (C=O) groups excluding carboxylic acids is 2. The smallest absolute Gasteiger partial charge is 0.311 e. The Morgan fingerprint density at radius 2 is 1.84 bits per heavy atom. The van der Waals surface area contributed by atoms with Crippen molar-refractivity contribution >= 4 is 18.0 Å². The molecule has 0 fully saturated rings. The summed E-state index contributed by atoms with van der Waals surface area (Å²) in [5.41, 5.74) is 2.80. The Hall–Kier alpha value is -3.63. The predicted molar refractivity (Wildman–Crippen MR) is 121 cm³/mol. The van der Waals surface area contributed by atoms with Gasteiger partial charge in [-0.1, -0.05) is 24.3 Å². The molecule has 1 N–H and O–H groups in total. The van der Waals surface area contributed by atoms with Gasteiger partial charge in [-0.25, -0.2) is 0 Å². The van der Waals surface area contributed by atoms with E-state index in [4.69, 9.17) is 14.2 Å². The quantitative estimate of drug-likeness (QED) is 0.189. The monoisotopic (exact) mass is 436 g/mol. The van der Waals surface area contributed by atoms with E-state index >= 15 is 0 Å². The maximum Gasteiger partial charge on any atom is 0.311 e. The molecule has 0 saturated carbocycles. The van der Waals surface area contributed by atoms with Crippen LogP contribution in [0.4, 0.5) is 0 Å². The molecular formula is C25H28N2O5. The van der Waals surface area contributed by atoms with Gasteiger partial charge in [-0.3, -0.25) is 9.59 Å². The number of hydrogen-bond donors (Lipinski definition) is 1. The van der Waals surface area contributed by atoms with E-state index in [1.807, 2.05) is 38.1 Å². The molecule has 2 rings (SSSR count). The topological polar surface area (TPSA) is 97.6 Å². The highest BCUT2D eigenvalue weighted by molar-refractivity contribution is 6.01. The average Bonchev–Trinajstić information content (AvgIpc) is 2.78. The van der Waals surface area contributed by atoms with Gasteiger partial charge >= 0.3 is 5.97 Å². The third-order valence-electron chi connectivity index (χ3n) is 4.51. The summed E-state index contributed by atoms with van der Waals surface area (Å²) in [6, 6.07) is 14.5. The highest BCUT2D eigenvalue weighted by atomic mass is 16.5. The number of hydrogen-bond acceptors (Lipinski definition) is 6. The predicted octanol–water partition coefficient (Wildman–Crippen LogP) is 3.74. The lowest BCUT2D eigenvalue weighted by Gasteiger charge is -2.10. The van der Waals surface area contributed by atoms with E-state index in [2.05, 4.69) is 5.32 Å². The van der Waals surface area contributed by atoms with Crippen molar-refractivity contribution in [3.63, 3.8) is 0 Å². The number of nitriles is 1. The number of rotatable bonds is 11. The second-order valence-corrected chi connectivity index (χ2v) is 7.18. The summed E-state index contributed by atoms with van der Waals surface area (Å²) in [4.78, 5) is 24.1. The van der Waals surface area contributed by atoms with Crippen LogP contribution in [-0.4, -0.2) is 38.7 Å². The number of benzene rings is 2. The average molecular weight is 437 g/mol. The summed E-state index contributed by atoms with van der Waals surface area (Å²) in [7, 11) is 1.53. The van der Waals surface area contributed by atoms with E-state index in [-0.39, 0.29) is 18.0 Å². The summed E-state index contributed by atoms with van der Waals surface area (Å²) in [6.07, 6.45) is 2.24. The molecule has 0 aliphatic heterocycles. The van der Waals surface area contributed by atoms with E-state index < -0.39 is 5.91 Å². The fourth-order valence-corrected chi connectivity index (χ4v) is 2.75. The summed E-state index contributed by atoms with van der Waals surface area (Å²) < 4.78 is 16.0. The third-order valence-corrected chi connectivity index (χ3v) is 4.51. The lowest BCUT2D eigenvalue weighted by Crippen LogP contribution is -2.27. The SMILES string of the molecule is COCCNC(=O)/C(C#N)=C/c1ccc(OC(=O)CCCOc2cc(C)ccc2C)cc1. The first-order valence-electron chi connectivity index (χ1n) is 10.3. The van der Waals surface area contributed by atoms with Crippen molar-refractivity contribution in [1.29, 1.82) is 5.26 Å². The molecule has 0 bridgehead atoms. The number of ether oxygens (including phenoxy) is 3. The van der Waals surface area contributed by atoms with Crippen LogP contribution in [0.15, 0.2) is 48.0 Å². The summed E-state index contributed by atoms with van der Waals surface area (Å²) in [5, 5.41) is 11.8. The molecule has 0 saturated heterocycles. The van der Waals surface area contributed by atoms with Crippen LogP contribution >= 0.6 is 0 Å². The Balaban J connectivity index is 1.81. The Morgan fingerprint density at radius 1 is 1.09 bits per heavy atom. The van der Waals surface area contributed by atoms with Crippen molar-refractivity contribution in [2.45, 2.75) is 26.7 Å². The van der Waals surface area contributed by atoms with Crippen LogP contribution in [0.5, 0.6) is 11.5 Å². The Morgan fingerprint density at radius 3 is 2.53 bits per heavy atom. The van der Waals surface area contributed by atoms with Crippen molar-refractivity contribution in [3.05, 3.63) is 64.7 Å². The molecule has 0 aliphatic carbocycles. The number of amides is 1. The molecule has 0 unspecified atom stereocenters. The molecule has 7 heteroatoms. The van der Waals surface area contributed by atoms with Crippen LogP contribution in [0.1, 0.15) is 29.5 Å². The molecule has 7 nitrogen and oxygen atoms in total. The van der Waals surface area contributed by atoms with Gasteiger partial charge < -0.3 is 19.5 Å². The first-order valence-corrected chi connectivity index (χ1v) is 10.3. The number of methoxy groups -OCH3 is 1. The second-order valence-electron chi connectivity index (χ2n) is 7.18. The maximum atomic E-state index is 12.1. The largest absolute Gasteiger partial charge is 0.493 e. The first kappa shape index (κ1) is 24.6. The number of nitrogens with zero attached hydrogens (tertiary/aromatic N) is 1. The van der Waals surface area contributed by atoms with Crippen molar-refractivity contribution in [3.8, 4) is 17.6 Å². The minimum absolute atomic E-state index is 0.0188. The van der Waals surface area contributed by atoms with Crippen molar-refractivity contribution in [2.24, 2.45) is 0 Å². The Bertz CT molecular complexity index is 990. The van der Waals surface area contributed by atoms with E-state index in [0.717, 1.165) is 16.9 Å². The molecule has 168 valence electrons. The lowest BCUT2D eigenvalue weighted by molar-refractivity contribution is -0.134. The molecule has 0 radical (unpaired) electrons. The van der Waals surface area contributed by atoms with Crippen LogP contribution in [0.3, 0.4) is 0 Å². The van der Waals surface area contributed by atoms with E-state index in [0.29, 0.717) is 37.5 Å². The number of carbonyl (C=O) groups is 2. The molecule has 32 heavy (non-hydrogen) atoms. The van der Waals surface area contributed by atoms with Gasteiger partial charge in [0.05, 0.1) is 13.2 Å². The van der Waals surface area contributed by atoms with E-state index in [1.54, 1.807) is 24.3 Å². The van der Waals surface area contributed by atoms with Crippen molar-refractivity contribution in [1.82, 2.24) is 5.32 Å². The van der Waals surface area contributed by atoms with Crippen molar-refractivity contribution < 1.29 is 23.8 Å². The normalized spacial score (nSPS) is 10.9. The van der Waals surface area contributed by atoms with Crippen LogP contribution < -0.4 is 14.8 Å². The Kier molecular flexibility index (Phi) is 9.95. The van der Waals surface area contributed by atoms with Gasteiger partial charge in [-0.05, 0) is 61.2 Å². The first-order chi connectivity index (χ1) is 15.4. The van der Waals surface area contributed by atoms with Gasteiger partial charge in [0.2, 0.25) is 0 Å². The molecule has 0 aromatic heterocycles. The van der Waals surface area contributed by atoms with Gasteiger partial charge in [-0.2, -0.15) is 5.26 Å². The minimum Gasteiger partial charge on any atom is -0.493 e. The maximum absolute atomic E-state index is 12.1. The fraction of sp³-hybridized carbons (Fsp3) is 0.320. The van der Waals surface area contributed by atoms with Crippen LogP contribution in [0.25, 0.3) is 6.08 Å². The molecule has 2 aromatic rings. The summed E-state index contributed by atoms with van der Waals surface area (Å²) >= 11 is 0. The molecular weight excluding hydrogens is 408 g/mol. The van der Waals surface area contributed by atoms with Gasteiger partial charge in [-0.15, -0.1) is 0 Å². The zero-order chi connectivity index (χ0) is 23.3. The molecule has 2 aromatic carbocycles. The Labute approximate surface area is 188 Å². The standard InChI is InChI=1S/C25H28N2O5/c1-18-6-7-19(2)23(15-18)31-13-4-5-24(28)32-22-10-8-20(9-11-22)16-21(17-26)25(29)27-12-14-30-3/h6-11,15-16H,4-5,12-14H2,1-3H3,(H,27,29)/b21-16+. The zero-order valence-electron chi connectivity index (χ0n) is 18.6. The summed E-state index contributed by atoms with van der Waals surface area (Å²) in [5.74, 6) is 0.396. The molecule has 0 aliphatic rings. The van der Waals surface area contributed by atoms with Crippen LogP contribution in [-0.2, 0) is 14.3 Å². The van der Waals surface area contributed by atoms with E-state index in [1.165, 1.54) is 13.2 Å². The van der Waals surface area contributed by atoms with Crippen LogP contribution in [0, 0.1) is 25.2 Å². The number of esters is 1. The number of nitrogens with one attached hydrogen (secondary N) is 1. The van der Waals surface area contributed by atoms with Gasteiger partial charge in [0.15, 0.2) is 0 Å². The highest BCUT2D eigenvalue weighted by Crippen LogP contribution is 2.20. The number of aryl methyl sites for hydroxylation is 2. The van der Waals surface area contributed by atoms with Gasteiger partial charge in [0.25, 0.3) is 5.91 Å². The van der Waals surface area contributed by atoms with Gasteiger partial charge in [0.1, 0.15) is 23.1 Å².